The fraction of sp³-hybridized carbons (Fsp3) is 0.167. The molecule has 1 amide bonds. The first-order valence-corrected chi connectivity index (χ1v) is 9.82. The molecule has 1 N–H and O–H groups in total. The lowest BCUT2D eigenvalue weighted by molar-refractivity contribution is -0.115. The van der Waals surface area contributed by atoms with Gasteiger partial charge in [0.15, 0.2) is 15.0 Å². The topological polar surface area (TPSA) is 76.1 Å². The van der Waals surface area contributed by atoms with Gasteiger partial charge in [-0.1, -0.05) is 27.3 Å². The predicted molar refractivity (Wildman–Crippen MR) is 89.3 cm³/mol. The Bertz CT molecular complexity index is 742. The van der Waals surface area contributed by atoms with E-state index in [0.29, 0.717) is 5.13 Å². The van der Waals surface area contributed by atoms with Gasteiger partial charge in [-0.15, -0.1) is 0 Å². The van der Waals surface area contributed by atoms with Gasteiger partial charge in [-0.3, -0.25) is 4.79 Å². The highest BCUT2D eigenvalue weighted by Gasteiger charge is 2.17. The number of carbonyl (C=O) groups excluding carboxylic acids is 1. The second kappa shape index (κ2) is 6.99. The lowest BCUT2D eigenvalue weighted by atomic mass is 10.4. The van der Waals surface area contributed by atoms with Crippen LogP contribution in [0.4, 0.5) is 5.13 Å². The van der Waals surface area contributed by atoms with Crippen molar-refractivity contribution < 1.29 is 13.2 Å². The first-order chi connectivity index (χ1) is 9.87. The molecule has 0 radical (unpaired) electrons. The molecule has 0 aliphatic carbocycles. The van der Waals surface area contributed by atoms with Crippen molar-refractivity contribution in [3.05, 3.63) is 38.7 Å². The van der Waals surface area contributed by atoms with Crippen LogP contribution in [0.2, 0.25) is 0 Å². The Morgan fingerprint density at radius 3 is 2.48 bits per heavy atom. The highest BCUT2D eigenvalue weighted by molar-refractivity contribution is 9.11. The molecule has 2 rings (SSSR count). The van der Waals surface area contributed by atoms with Crippen LogP contribution in [0.15, 0.2) is 43.6 Å². The third-order valence-corrected chi connectivity index (χ3v) is 6.15. The Balaban J connectivity index is 1.95. The highest BCUT2D eigenvalue weighted by atomic mass is 79.9. The molecule has 2 aromatic rings. The summed E-state index contributed by atoms with van der Waals surface area (Å²) < 4.78 is 25.8. The van der Waals surface area contributed by atoms with Crippen LogP contribution < -0.4 is 5.32 Å². The molecule has 0 bridgehead atoms. The average Bonchev–Trinajstić information content (AvgIpc) is 2.82. The minimum Gasteiger partial charge on any atom is -0.302 e. The van der Waals surface area contributed by atoms with E-state index in [2.05, 4.69) is 42.2 Å². The molecular weight excluding hydrogens is 444 g/mol. The SMILES string of the molecule is O=C(CCS(=O)(=O)c1ccc(Br)cc1)Nc1ncc(Br)s1. The molecule has 0 saturated heterocycles. The largest absolute Gasteiger partial charge is 0.302 e. The fourth-order valence-electron chi connectivity index (χ4n) is 1.48. The molecule has 0 fully saturated rings. The number of thiazole rings is 1. The maximum atomic E-state index is 12.1. The first-order valence-electron chi connectivity index (χ1n) is 5.76. The van der Waals surface area contributed by atoms with E-state index in [4.69, 9.17) is 0 Å². The maximum Gasteiger partial charge on any atom is 0.227 e. The Labute approximate surface area is 143 Å². The van der Waals surface area contributed by atoms with Gasteiger partial charge in [-0.25, -0.2) is 13.4 Å². The molecule has 0 atom stereocenters. The predicted octanol–water partition coefficient (Wildman–Crippen LogP) is 3.47. The van der Waals surface area contributed by atoms with Gasteiger partial charge in [-0.2, -0.15) is 0 Å². The van der Waals surface area contributed by atoms with Gasteiger partial charge in [0.1, 0.15) is 0 Å². The molecule has 0 unspecified atom stereocenters. The van der Waals surface area contributed by atoms with Crippen molar-refractivity contribution in [1.29, 1.82) is 0 Å². The zero-order valence-electron chi connectivity index (χ0n) is 10.5. The van der Waals surface area contributed by atoms with Crippen LogP contribution >= 0.6 is 43.2 Å². The Morgan fingerprint density at radius 1 is 1.24 bits per heavy atom. The Kier molecular flexibility index (Phi) is 5.53. The summed E-state index contributed by atoms with van der Waals surface area (Å²) in [5.41, 5.74) is 0. The lowest BCUT2D eigenvalue weighted by Crippen LogP contribution is -2.17. The lowest BCUT2D eigenvalue weighted by Gasteiger charge is -2.04. The maximum absolute atomic E-state index is 12.1. The molecular formula is C12H10Br2N2O3S2. The smallest absolute Gasteiger partial charge is 0.227 e. The van der Waals surface area contributed by atoms with Gasteiger partial charge in [0.05, 0.1) is 20.6 Å². The minimum atomic E-state index is -3.47. The van der Waals surface area contributed by atoms with Gasteiger partial charge in [0.2, 0.25) is 5.91 Å². The number of carbonyl (C=O) groups is 1. The van der Waals surface area contributed by atoms with E-state index >= 15 is 0 Å². The van der Waals surface area contributed by atoms with Gasteiger partial charge in [0, 0.05) is 10.9 Å². The number of hydrogen-bond donors (Lipinski definition) is 1. The van der Waals surface area contributed by atoms with Crippen molar-refractivity contribution in [2.75, 3.05) is 11.1 Å². The number of halogens is 2. The molecule has 0 aliphatic rings. The molecule has 5 nitrogen and oxygen atoms in total. The summed E-state index contributed by atoms with van der Waals surface area (Å²) in [6, 6.07) is 6.32. The van der Waals surface area contributed by atoms with Crippen LogP contribution in [-0.2, 0) is 14.6 Å². The minimum absolute atomic E-state index is 0.115. The number of nitrogens with one attached hydrogen (secondary N) is 1. The van der Waals surface area contributed by atoms with Crippen LogP contribution in [0.25, 0.3) is 0 Å². The summed E-state index contributed by atoms with van der Waals surface area (Å²) in [7, 11) is -3.47. The van der Waals surface area contributed by atoms with E-state index < -0.39 is 9.84 Å². The number of nitrogens with zero attached hydrogens (tertiary/aromatic N) is 1. The van der Waals surface area contributed by atoms with E-state index in [1.54, 1.807) is 18.3 Å². The molecule has 1 aromatic heterocycles. The van der Waals surface area contributed by atoms with Crippen molar-refractivity contribution >= 4 is 64.1 Å². The van der Waals surface area contributed by atoms with E-state index in [0.717, 1.165) is 8.26 Å². The van der Waals surface area contributed by atoms with Crippen molar-refractivity contribution in [3.63, 3.8) is 0 Å². The second-order valence-electron chi connectivity index (χ2n) is 4.04. The first kappa shape index (κ1) is 16.6. The summed E-state index contributed by atoms with van der Waals surface area (Å²) >= 11 is 7.75. The van der Waals surface area contributed by atoms with Gasteiger partial charge < -0.3 is 5.32 Å². The van der Waals surface area contributed by atoms with Gasteiger partial charge >= 0.3 is 0 Å². The number of amides is 1. The highest BCUT2D eigenvalue weighted by Crippen LogP contribution is 2.23. The van der Waals surface area contributed by atoms with Crippen molar-refractivity contribution in [3.8, 4) is 0 Å². The molecule has 1 heterocycles. The summed E-state index contributed by atoms with van der Waals surface area (Å²) in [6.45, 7) is 0. The Morgan fingerprint density at radius 2 is 1.90 bits per heavy atom. The summed E-state index contributed by atoms with van der Waals surface area (Å²) in [4.78, 5) is 15.9. The van der Waals surface area contributed by atoms with Crippen LogP contribution in [0, 0.1) is 0 Å². The number of aromatic nitrogens is 1. The molecule has 21 heavy (non-hydrogen) atoms. The number of benzene rings is 1. The van der Waals surface area contributed by atoms with Crippen LogP contribution in [0.5, 0.6) is 0 Å². The molecule has 0 spiro atoms. The third-order valence-electron chi connectivity index (χ3n) is 2.49. The van der Waals surface area contributed by atoms with E-state index in [1.807, 2.05) is 0 Å². The van der Waals surface area contributed by atoms with Crippen LogP contribution in [0.1, 0.15) is 6.42 Å². The second-order valence-corrected chi connectivity index (χ2v) is 9.48. The normalized spacial score (nSPS) is 11.3. The van der Waals surface area contributed by atoms with Gasteiger partial charge in [0.25, 0.3) is 0 Å². The molecule has 0 saturated carbocycles. The number of sulfone groups is 1. The van der Waals surface area contributed by atoms with E-state index in [-0.39, 0.29) is 23.0 Å². The number of anilines is 1. The summed E-state index contributed by atoms with van der Waals surface area (Å²) in [6.07, 6.45) is 1.45. The van der Waals surface area contributed by atoms with Crippen molar-refractivity contribution in [2.45, 2.75) is 11.3 Å². The average molecular weight is 454 g/mol. The monoisotopic (exact) mass is 452 g/mol. The van der Waals surface area contributed by atoms with E-state index in [9.17, 15) is 13.2 Å². The standard InChI is InChI=1S/C12H10Br2N2O3S2/c13-8-1-3-9(4-2-8)21(18,19)6-5-11(17)16-12-15-7-10(14)20-12/h1-4,7H,5-6H2,(H,15,16,17). The van der Waals surface area contributed by atoms with Crippen molar-refractivity contribution in [1.82, 2.24) is 4.98 Å². The zero-order valence-corrected chi connectivity index (χ0v) is 15.4. The van der Waals surface area contributed by atoms with Crippen molar-refractivity contribution in [2.24, 2.45) is 0 Å². The summed E-state index contributed by atoms with van der Waals surface area (Å²) in [5.74, 6) is -0.620. The van der Waals surface area contributed by atoms with E-state index in [1.165, 1.54) is 23.5 Å². The Hall–Kier alpha value is -0.770. The number of hydrogen-bond acceptors (Lipinski definition) is 5. The van der Waals surface area contributed by atoms with Crippen LogP contribution in [-0.4, -0.2) is 25.1 Å². The quantitative estimate of drug-likeness (QED) is 0.751. The molecule has 1 aromatic carbocycles. The molecule has 9 heteroatoms. The number of rotatable bonds is 5. The molecule has 0 aliphatic heterocycles. The third kappa shape index (κ3) is 4.87. The van der Waals surface area contributed by atoms with Crippen LogP contribution in [0.3, 0.4) is 0 Å². The molecule has 112 valence electrons. The zero-order chi connectivity index (χ0) is 15.5. The van der Waals surface area contributed by atoms with Gasteiger partial charge in [-0.05, 0) is 40.2 Å². The fourth-order valence-corrected chi connectivity index (χ4v) is 4.11. The summed E-state index contributed by atoms with van der Waals surface area (Å²) in [5, 5.41) is 3.00.